The van der Waals surface area contributed by atoms with E-state index in [9.17, 15) is 0 Å². The Bertz CT molecular complexity index is 417. The van der Waals surface area contributed by atoms with Crippen LogP contribution < -0.4 is 0 Å². The fourth-order valence-corrected chi connectivity index (χ4v) is 3.28. The molecule has 0 amide bonds. The Labute approximate surface area is 131 Å². The third-order valence-corrected chi connectivity index (χ3v) is 4.62. The number of likely N-dealkylation sites (tertiary alicyclic amines) is 1. The van der Waals surface area contributed by atoms with Crippen LogP contribution in [-0.2, 0) is 6.54 Å². The summed E-state index contributed by atoms with van der Waals surface area (Å²) in [5, 5.41) is 1.35. The smallest absolute Gasteiger partial charge is 0.0649 e. The average Bonchev–Trinajstić information content (AvgIpc) is 2.42. The number of halogens is 2. The molecule has 1 fully saturated rings. The molecular weight excluding hydrogens is 293 g/mol. The summed E-state index contributed by atoms with van der Waals surface area (Å²) in [7, 11) is 4.26. The van der Waals surface area contributed by atoms with E-state index >= 15 is 0 Å². The van der Waals surface area contributed by atoms with Gasteiger partial charge in [0.15, 0.2) is 0 Å². The molecule has 20 heavy (non-hydrogen) atoms. The number of hydrogen-bond acceptors (Lipinski definition) is 3. The maximum atomic E-state index is 6.24. The van der Waals surface area contributed by atoms with Crippen LogP contribution in [0.1, 0.15) is 31.2 Å². The van der Waals surface area contributed by atoms with Gasteiger partial charge in [0.2, 0.25) is 0 Å². The lowest BCUT2D eigenvalue weighted by molar-refractivity contribution is 0.124. The van der Waals surface area contributed by atoms with Crippen molar-refractivity contribution >= 4 is 23.2 Å². The summed E-state index contributed by atoms with van der Waals surface area (Å²) in [5.41, 5.74) is 1.01. The maximum absolute atomic E-state index is 6.24. The third kappa shape index (κ3) is 4.32. The first-order valence-corrected chi connectivity index (χ1v) is 8.00. The van der Waals surface area contributed by atoms with E-state index in [2.05, 4.69) is 28.9 Å². The lowest BCUT2D eigenvalue weighted by Gasteiger charge is -2.36. The van der Waals surface area contributed by atoms with Gasteiger partial charge >= 0.3 is 0 Å². The fraction of sp³-hybridized carbons (Fsp3) is 0.667. The van der Waals surface area contributed by atoms with Crippen LogP contribution in [0.15, 0.2) is 12.4 Å². The van der Waals surface area contributed by atoms with Crippen molar-refractivity contribution in [2.75, 3.05) is 27.2 Å². The molecule has 1 saturated heterocycles. The van der Waals surface area contributed by atoms with Gasteiger partial charge in [0.25, 0.3) is 0 Å². The van der Waals surface area contributed by atoms with E-state index in [1.165, 1.54) is 25.7 Å². The zero-order valence-electron chi connectivity index (χ0n) is 12.3. The van der Waals surface area contributed by atoms with E-state index in [0.29, 0.717) is 16.1 Å². The molecule has 1 aliphatic heterocycles. The molecule has 0 saturated carbocycles. The van der Waals surface area contributed by atoms with Crippen LogP contribution in [0.25, 0.3) is 0 Å². The minimum atomic E-state index is 0.631. The van der Waals surface area contributed by atoms with E-state index in [0.717, 1.165) is 25.2 Å². The van der Waals surface area contributed by atoms with Gasteiger partial charge in [0.05, 0.1) is 10.0 Å². The molecule has 0 N–H and O–H groups in total. The maximum Gasteiger partial charge on any atom is 0.0649 e. The predicted molar refractivity (Wildman–Crippen MR) is 85.5 cm³/mol. The van der Waals surface area contributed by atoms with Crippen LogP contribution in [-0.4, -0.2) is 48.0 Å². The van der Waals surface area contributed by atoms with Crippen molar-refractivity contribution < 1.29 is 0 Å². The van der Waals surface area contributed by atoms with E-state index in [1.54, 1.807) is 12.4 Å². The summed E-state index contributed by atoms with van der Waals surface area (Å²) >= 11 is 12.5. The average molecular weight is 316 g/mol. The van der Waals surface area contributed by atoms with Gasteiger partial charge in [-0.2, -0.15) is 0 Å². The van der Waals surface area contributed by atoms with E-state index < -0.39 is 0 Å². The minimum Gasteiger partial charge on any atom is -0.309 e. The van der Waals surface area contributed by atoms with Crippen LogP contribution >= 0.6 is 23.2 Å². The molecule has 1 aliphatic rings. The van der Waals surface area contributed by atoms with Crippen molar-refractivity contribution in [1.82, 2.24) is 14.8 Å². The molecule has 3 nitrogen and oxygen atoms in total. The number of rotatable bonds is 5. The molecule has 0 unspecified atom stereocenters. The molecule has 0 aromatic carbocycles. The topological polar surface area (TPSA) is 19.4 Å². The molecule has 1 aromatic rings. The van der Waals surface area contributed by atoms with Gasteiger partial charge in [-0.3, -0.25) is 9.88 Å². The molecule has 0 radical (unpaired) electrons. The van der Waals surface area contributed by atoms with Gasteiger partial charge in [0, 0.05) is 30.5 Å². The van der Waals surface area contributed by atoms with Crippen molar-refractivity contribution in [2.45, 2.75) is 38.3 Å². The first-order chi connectivity index (χ1) is 9.58. The molecule has 1 atom stereocenters. The molecule has 0 bridgehead atoms. The lowest BCUT2D eigenvalue weighted by atomic mass is 9.98. The second kappa shape index (κ2) is 7.60. The Morgan fingerprint density at radius 1 is 1.25 bits per heavy atom. The highest BCUT2D eigenvalue weighted by atomic mass is 35.5. The number of aromatic nitrogens is 1. The van der Waals surface area contributed by atoms with Gasteiger partial charge in [-0.1, -0.05) is 29.6 Å². The van der Waals surface area contributed by atoms with Crippen molar-refractivity contribution in [3.8, 4) is 0 Å². The zero-order valence-corrected chi connectivity index (χ0v) is 13.8. The summed E-state index contributed by atoms with van der Waals surface area (Å²) in [4.78, 5) is 8.80. The van der Waals surface area contributed by atoms with Crippen molar-refractivity contribution in [3.63, 3.8) is 0 Å². The number of piperidine rings is 1. The van der Waals surface area contributed by atoms with E-state index in [4.69, 9.17) is 23.2 Å². The van der Waals surface area contributed by atoms with Crippen molar-refractivity contribution in [2.24, 2.45) is 0 Å². The van der Waals surface area contributed by atoms with Crippen LogP contribution in [0.3, 0.4) is 0 Å². The Morgan fingerprint density at radius 2 is 1.95 bits per heavy atom. The molecular formula is C15H23Cl2N3. The van der Waals surface area contributed by atoms with Crippen LogP contribution in [0.4, 0.5) is 0 Å². The molecule has 0 spiro atoms. The first-order valence-electron chi connectivity index (χ1n) is 7.24. The predicted octanol–water partition coefficient (Wildman–Crippen LogP) is 3.69. The Kier molecular flexibility index (Phi) is 6.09. The molecule has 112 valence electrons. The van der Waals surface area contributed by atoms with E-state index in [1.807, 2.05) is 0 Å². The molecule has 2 heterocycles. The standard InChI is InChI=1S/C15H23Cl2N3/c1-19(2)8-6-12-5-3-4-7-20(12)11-13-14(16)9-18-10-15(13)17/h9-10,12H,3-8,11H2,1-2H3/t12-/m1/s1. The van der Waals surface area contributed by atoms with Crippen LogP contribution in [0, 0.1) is 0 Å². The highest BCUT2D eigenvalue weighted by Crippen LogP contribution is 2.28. The van der Waals surface area contributed by atoms with Gasteiger partial charge in [-0.15, -0.1) is 0 Å². The molecule has 0 aliphatic carbocycles. The highest BCUT2D eigenvalue weighted by Gasteiger charge is 2.23. The Morgan fingerprint density at radius 3 is 2.60 bits per heavy atom. The van der Waals surface area contributed by atoms with Crippen molar-refractivity contribution in [3.05, 3.63) is 28.0 Å². The summed E-state index contributed by atoms with van der Waals surface area (Å²) in [6, 6.07) is 0.631. The summed E-state index contributed by atoms with van der Waals surface area (Å²) in [6.07, 6.45) is 8.43. The molecule has 2 rings (SSSR count). The van der Waals surface area contributed by atoms with Crippen LogP contribution in [0.5, 0.6) is 0 Å². The Hall–Kier alpha value is -0.350. The monoisotopic (exact) mass is 315 g/mol. The second-order valence-corrected chi connectivity index (χ2v) is 6.61. The normalized spacial score (nSPS) is 20.6. The quantitative estimate of drug-likeness (QED) is 0.826. The largest absolute Gasteiger partial charge is 0.309 e. The third-order valence-electron chi connectivity index (χ3n) is 3.97. The van der Waals surface area contributed by atoms with E-state index in [-0.39, 0.29) is 0 Å². The SMILES string of the molecule is CN(C)CC[C@H]1CCCCN1Cc1c(Cl)cncc1Cl. The molecule has 1 aromatic heterocycles. The molecule has 5 heteroatoms. The summed E-state index contributed by atoms with van der Waals surface area (Å²) < 4.78 is 0. The number of nitrogens with zero attached hydrogens (tertiary/aromatic N) is 3. The minimum absolute atomic E-state index is 0.631. The lowest BCUT2D eigenvalue weighted by Crippen LogP contribution is -2.40. The summed E-state index contributed by atoms with van der Waals surface area (Å²) in [6.45, 7) is 3.09. The fourth-order valence-electron chi connectivity index (χ4n) is 2.79. The van der Waals surface area contributed by atoms with Gasteiger partial charge in [-0.05, 0) is 46.4 Å². The highest BCUT2D eigenvalue weighted by molar-refractivity contribution is 6.35. The van der Waals surface area contributed by atoms with Crippen molar-refractivity contribution in [1.29, 1.82) is 0 Å². The Balaban J connectivity index is 2.04. The zero-order chi connectivity index (χ0) is 14.5. The number of pyridine rings is 1. The van der Waals surface area contributed by atoms with Gasteiger partial charge < -0.3 is 4.90 Å². The van der Waals surface area contributed by atoms with Crippen LogP contribution in [0.2, 0.25) is 10.0 Å². The number of hydrogen-bond donors (Lipinski definition) is 0. The summed E-state index contributed by atoms with van der Waals surface area (Å²) in [5.74, 6) is 0. The van der Waals surface area contributed by atoms with Gasteiger partial charge in [0.1, 0.15) is 0 Å². The van der Waals surface area contributed by atoms with Gasteiger partial charge in [-0.25, -0.2) is 0 Å². The second-order valence-electron chi connectivity index (χ2n) is 5.79. The first kappa shape index (κ1) is 16.0.